The first-order valence-corrected chi connectivity index (χ1v) is 9.11. The number of carbonyl (C=O) groups excluding carboxylic acids is 2. The number of likely N-dealkylation sites (tertiary alicyclic amines) is 2. The fourth-order valence-electron chi connectivity index (χ4n) is 3.82. The van der Waals surface area contributed by atoms with Crippen LogP contribution in [-0.2, 0) is 16.1 Å². The summed E-state index contributed by atoms with van der Waals surface area (Å²) < 4.78 is 0. The largest absolute Gasteiger partial charge is 0.368 e. The quantitative estimate of drug-likeness (QED) is 0.911. The van der Waals surface area contributed by atoms with Gasteiger partial charge in [0.05, 0.1) is 6.54 Å². The van der Waals surface area contributed by atoms with Crippen LogP contribution in [0.3, 0.4) is 0 Å². The molecule has 0 saturated carbocycles. The van der Waals surface area contributed by atoms with E-state index in [0.717, 1.165) is 38.9 Å². The van der Waals surface area contributed by atoms with Gasteiger partial charge in [0.2, 0.25) is 11.8 Å². The lowest BCUT2D eigenvalue weighted by Gasteiger charge is -2.47. The molecular weight excluding hydrogens is 310 g/mol. The lowest BCUT2D eigenvalue weighted by molar-refractivity contribution is -0.142. The van der Waals surface area contributed by atoms with Crippen LogP contribution in [0.15, 0.2) is 12.1 Å². The summed E-state index contributed by atoms with van der Waals surface area (Å²) in [6.07, 6.45) is 3.70. The Balaban J connectivity index is 1.56. The van der Waals surface area contributed by atoms with Gasteiger partial charge in [-0.05, 0) is 56.8 Å². The average Bonchev–Trinajstić information content (AvgIpc) is 2.91. The van der Waals surface area contributed by atoms with Crippen molar-refractivity contribution in [2.75, 3.05) is 26.2 Å². The Morgan fingerprint density at radius 2 is 2.04 bits per heavy atom. The standard InChI is InChI=1S/C17H25N3O2S/c1-13-2-3-14(23-13)10-19-8-6-17(7-9-19)5-4-16(22)20(12-17)11-15(18)21/h2-3H,4-12H2,1H3,(H2,18,21). The van der Waals surface area contributed by atoms with Crippen molar-refractivity contribution in [3.63, 3.8) is 0 Å². The Hall–Kier alpha value is -1.40. The summed E-state index contributed by atoms with van der Waals surface area (Å²) in [6.45, 7) is 6.06. The number of carbonyl (C=O) groups is 2. The molecule has 0 unspecified atom stereocenters. The van der Waals surface area contributed by atoms with Gasteiger partial charge in [-0.3, -0.25) is 14.5 Å². The van der Waals surface area contributed by atoms with Crippen molar-refractivity contribution in [1.29, 1.82) is 0 Å². The van der Waals surface area contributed by atoms with Gasteiger partial charge in [-0.15, -0.1) is 11.3 Å². The molecule has 2 aliphatic heterocycles. The molecular formula is C17H25N3O2S. The molecule has 2 N–H and O–H groups in total. The molecule has 2 aliphatic rings. The number of nitrogens with two attached hydrogens (primary N) is 1. The van der Waals surface area contributed by atoms with Gasteiger partial charge in [0, 0.05) is 29.3 Å². The van der Waals surface area contributed by atoms with E-state index in [2.05, 4.69) is 24.0 Å². The zero-order valence-corrected chi connectivity index (χ0v) is 14.5. The van der Waals surface area contributed by atoms with Crippen molar-refractivity contribution in [3.05, 3.63) is 21.9 Å². The molecule has 0 radical (unpaired) electrons. The summed E-state index contributed by atoms with van der Waals surface area (Å²) in [6, 6.07) is 4.40. The van der Waals surface area contributed by atoms with Gasteiger partial charge in [0.25, 0.3) is 0 Å². The third-order valence-corrected chi connectivity index (χ3v) is 6.17. The van der Waals surface area contributed by atoms with Gasteiger partial charge in [0.1, 0.15) is 0 Å². The molecule has 6 heteroatoms. The van der Waals surface area contributed by atoms with Crippen LogP contribution in [-0.4, -0.2) is 47.8 Å². The van der Waals surface area contributed by atoms with E-state index >= 15 is 0 Å². The molecule has 1 aromatic heterocycles. The topological polar surface area (TPSA) is 66.6 Å². The van der Waals surface area contributed by atoms with Crippen LogP contribution in [0.25, 0.3) is 0 Å². The maximum absolute atomic E-state index is 12.0. The average molecular weight is 335 g/mol. The Labute approximate surface area is 141 Å². The van der Waals surface area contributed by atoms with Crippen molar-refractivity contribution >= 4 is 23.2 Å². The van der Waals surface area contributed by atoms with Gasteiger partial charge in [-0.25, -0.2) is 0 Å². The smallest absolute Gasteiger partial charge is 0.237 e. The van der Waals surface area contributed by atoms with Gasteiger partial charge in [-0.2, -0.15) is 0 Å². The minimum atomic E-state index is -0.416. The lowest BCUT2D eigenvalue weighted by Crippen LogP contribution is -2.53. The number of primary amides is 1. The SMILES string of the molecule is Cc1ccc(CN2CCC3(CCC(=O)N(CC(N)=O)C3)CC2)s1. The summed E-state index contributed by atoms with van der Waals surface area (Å²) in [5.41, 5.74) is 5.46. The molecule has 0 bridgehead atoms. The first-order chi connectivity index (χ1) is 11.0. The molecule has 0 aromatic carbocycles. The van der Waals surface area contributed by atoms with Crippen molar-refractivity contribution in [1.82, 2.24) is 9.80 Å². The fourth-order valence-corrected chi connectivity index (χ4v) is 4.75. The van der Waals surface area contributed by atoms with E-state index in [4.69, 9.17) is 5.73 Å². The highest BCUT2D eigenvalue weighted by Gasteiger charge is 2.41. The highest BCUT2D eigenvalue weighted by molar-refractivity contribution is 7.11. The van der Waals surface area contributed by atoms with E-state index in [9.17, 15) is 9.59 Å². The second-order valence-corrected chi connectivity index (χ2v) is 8.38. The number of rotatable bonds is 4. The van der Waals surface area contributed by atoms with Gasteiger partial charge >= 0.3 is 0 Å². The summed E-state index contributed by atoms with van der Waals surface area (Å²) in [5, 5.41) is 0. The van der Waals surface area contributed by atoms with Crippen molar-refractivity contribution in [3.8, 4) is 0 Å². The molecule has 126 valence electrons. The number of piperidine rings is 2. The molecule has 2 fully saturated rings. The van der Waals surface area contributed by atoms with Gasteiger partial charge < -0.3 is 10.6 Å². The minimum absolute atomic E-state index is 0.0682. The normalized spacial score (nSPS) is 21.8. The number of amides is 2. The van der Waals surface area contributed by atoms with Crippen molar-refractivity contribution < 1.29 is 9.59 Å². The molecule has 1 spiro atoms. The molecule has 3 rings (SSSR count). The van der Waals surface area contributed by atoms with Crippen molar-refractivity contribution in [2.45, 2.75) is 39.2 Å². The highest BCUT2D eigenvalue weighted by Crippen LogP contribution is 2.40. The van der Waals surface area contributed by atoms with Gasteiger partial charge in [0.15, 0.2) is 0 Å². The third kappa shape index (κ3) is 3.93. The van der Waals surface area contributed by atoms with Crippen LogP contribution >= 0.6 is 11.3 Å². The van der Waals surface area contributed by atoms with Gasteiger partial charge in [-0.1, -0.05) is 0 Å². The van der Waals surface area contributed by atoms with Crippen LogP contribution < -0.4 is 5.73 Å². The molecule has 0 atom stereocenters. The second-order valence-electron chi connectivity index (χ2n) is 7.00. The van der Waals surface area contributed by atoms with Crippen LogP contribution in [0.1, 0.15) is 35.4 Å². The molecule has 23 heavy (non-hydrogen) atoms. The number of hydrogen-bond acceptors (Lipinski definition) is 4. The minimum Gasteiger partial charge on any atom is -0.368 e. The van der Waals surface area contributed by atoms with Crippen LogP contribution in [0.5, 0.6) is 0 Å². The number of aryl methyl sites for hydroxylation is 1. The first kappa shape index (κ1) is 16.5. The number of nitrogens with zero attached hydrogens (tertiary/aromatic N) is 2. The first-order valence-electron chi connectivity index (χ1n) is 8.30. The zero-order chi connectivity index (χ0) is 16.4. The second kappa shape index (κ2) is 6.61. The predicted octanol–water partition coefficient (Wildman–Crippen LogP) is 1.75. The van der Waals surface area contributed by atoms with E-state index in [0.29, 0.717) is 13.0 Å². The lowest BCUT2D eigenvalue weighted by atomic mass is 9.72. The predicted molar refractivity (Wildman–Crippen MR) is 91.0 cm³/mol. The summed E-state index contributed by atoms with van der Waals surface area (Å²) in [7, 11) is 0. The highest BCUT2D eigenvalue weighted by atomic mass is 32.1. The van der Waals surface area contributed by atoms with E-state index in [1.54, 1.807) is 4.90 Å². The van der Waals surface area contributed by atoms with Crippen molar-refractivity contribution in [2.24, 2.45) is 11.1 Å². The van der Waals surface area contributed by atoms with Crippen LogP contribution in [0.2, 0.25) is 0 Å². The summed E-state index contributed by atoms with van der Waals surface area (Å²) in [4.78, 5) is 30.1. The Morgan fingerprint density at radius 3 is 2.65 bits per heavy atom. The molecule has 1 aromatic rings. The zero-order valence-electron chi connectivity index (χ0n) is 13.7. The third-order valence-electron chi connectivity index (χ3n) is 5.19. The molecule has 3 heterocycles. The summed E-state index contributed by atoms with van der Waals surface area (Å²) in [5.74, 6) is -0.341. The number of thiophene rings is 1. The molecule has 0 aliphatic carbocycles. The molecule has 5 nitrogen and oxygen atoms in total. The Bertz CT molecular complexity index is 590. The number of hydrogen-bond donors (Lipinski definition) is 1. The van der Waals surface area contributed by atoms with Crippen LogP contribution in [0.4, 0.5) is 0 Å². The fraction of sp³-hybridized carbons (Fsp3) is 0.647. The Morgan fingerprint density at radius 1 is 1.30 bits per heavy atom. The molecule has 2 saturated heterocycles. The van der Waals surface area contributed by atoms with E-state index in [1.165, 1.54) is 9.75 Å². The Kier molecular flexibility index (Phi) is 4.73. The van der Waals surface area contributed by atoms with E-state index in [1.807, 2.05) is 11.3 Å². The molecule has 2 amide bonds. The van der Waals surface area contributed by atoms with Crippen LogP contribution in [0, 0.1) is 12.3 Å². The maximum Gasteiger partial charge on any atom is 0.237 e. The monoisotopic (exact) mass is 335 g/mol. The maximum atomic E-state index is 12.0. The van der Waals surface area contributed by atoms with E-state index < -0.39 is 5.91 Å². The summed E-state index contributed by atoms with van der Waals surface area (Å²) >= 11 is 1.87. The van der Waals surface area contributed by atoms with E-state index in [-0.39, 0.29) is 17.9 Å².